The second-order valence-electron chi connectivity index (χ2n) is 4.43. The Morgan fingerprint density at radius 1 is 1.24 bits per heavy atom. The molecule has 0 spiro atoms. The molecule has 0 bridgehead atoms. The van der Waals surface area contributed by atoms with Gasteiger partial charge in [-0.1, -0.05) is 19.1 Å². The Kier molecular flexibility index (Phi) is 5.60. The quantitative estimate of drug-likeness (QED) is 0.794. The predicted octanol–water partition coefficient (Wildman–Crippen LogP) is 2.82. The molecule has 0 aromatic heterocycles. The third-order valence-corrected chi connectivity index (χ3v) is 2.86. The summed E-state index contributed by atoms with van der Waals surface area (Å²) < 4.78 is 43.7. The van der Waals surface area contributed by atoms with Crippen molar-refractivity contribution in [3.05, 3.63) is 29.8 Å². The van der Waals surface area contributed by atoms with Gasteiger partial charge in [0.05, 0.1) is 6.61 Å². The van der Waals surface area contributed by atoms with E-state index < -0.39 is 23.3 Å². The Morgan fingerprint density at radius 2 is 1.81 bits per heavy atom. The van der Waals surface area contributed by atoms with Crippen LogP contribution in [0.1, 0.15) is 25.8 Å². The summed E-state index contributed by atoms with van der Waals surface area (Å²) in [6, 6.07) is 4.87. The van der Waals surface area contributed by atoms with Crippen molar-refractivity contribution >= 4 is 11.7 Å². The van der Waals surface area contributed by atoms with Gasteiger partial charge in [-0.25, -0.2) is 4.79 Å². The second kappa shape index (κ2) is 6.80. The number of halogens is 3. The summed E-state index contributed by atoms with van der Waals surface area (Å²) in [5, 5.41) is 12.9. The standard InChI is InChI=1S/C14H18F3NO3/c1-3-9-18-11-7-5-10(6-8-11)13(20,14(15,16)17)12(19)21-4-2/h5-8,18,20H,3-4,9H2,1-2H3/t13-/m0/s1. The number of hydrogen-bond acceptors (Lipinski definition) is 4. The molecule has 1 aromatic rings. The van der Waals surface area contributed by atoms with E-state index in [0.29, 0.717) is 12.2 Å². The monoisotopic (exact) mass is 305 g/mol. The Balaban J connectivity index is 3.13. The lowest BCUT2D eigenvalue weighted by Gasteiger charge is -2.28. The average molecular weight is 305 g/mol. The van der Waals surface area contributed by atoms with E-state index in [9.17, 15) is 23.1 Å². The van der Waals surface area contributed by atoms with Crippen LogP contribution in [0.3, 0.4) is 0 Å². The van der Waals surface area contributed by atoms with Gasteiger partial charge in [0.1, 0.15) is 0 Å². The van der Waals surface area contributed by atoms with E-state index in [0.717, 1.165) is 18.6 Å². The van der Waals surface area contributed by atoms with Crippen LogP contribution in [0.4, 0.5) is 18.9 Å². The first-order valence-corrected chi connectivity index (χ1v) is 6.58. The second-order valence-corrected chi connectivity index (χ2v) is 4.43. The third kappa shape index (κ3) is 3.66. The molecule has 0 amide bonds. The maximum atomic E-state index is 13.1. The molecule has 0 radical (unpaired) electrons. The molecule has 0 aliphatic rings. The van der Waals surface area contributed by atoms with E-state index in [4.69, 9.17) is 0 Å². The number of aliphatic hydroxyl groups is 1. The molecular weight excluding hydrogens is 287 g/mol. The molecule has 1 atom stereocenters. The van der Waals surface area contributed by atoms with Crippen LogP contribution in [0.2, 0.25) is 0 Å². The van der Waals surface area contributed by atoms with Crippen LogP contribution < -0.4 is 5.32 Å². The van der Waals surface area contributed by atoms with Crippen molar-refractivity contribution in [3.8, 4) is 0 Å². The number of ether oxygens (including phenoxy) is 1. The molecule has 0 unspecified atom stereocenters. The zero-order valence-corrected chi connectivity index (χ0v) is 11.8. The summed E-state index contributed by atoms with van der Waals surface area (Å²) >= 11 is 0. The van der Waals surface area contributed by atoms with Crippen molar-refractivity contribution in [3.63, 3.8) is 0 Å². The summed E-state index contributed by atoms with van der Waals surface area (Å²) in [5.41, 5.74) is -3.63. The van der Waals surface area contributed by atoms with E-state index >= 15 is 0 Å². The molecule has 0 aliphatic heterocycles. The highest BCUT2D eigenvalue weighted by Gasteiger charge is 2.62. The van der Waals surface area contributed by atoms with E-state index in [2.05, 4.69) is 10.1 Å². The summed E-state index contributed by atoms with van der Waals surface area (Å²) in [7, 11) is 0. The van der Waals surface area contributed by atoms with E-state index in [1.54, 1.807) is 0 Å². The highest BCUT2D eigenvalue weighted by Crippen LogP contribution is 2.40. The zero-order valence-electron chi connectivity index (χ0n) is 11.8. The van der Waals surface area contributed by atoms with Gasteiger partial charge < -0.3 is 15.2 Å². The van der Waals surface area contributed by atoms with E-state index in [-0.39, 0.29) is 6.61 Å². The lowest BCUT2D eigenvalue weighted by atomic mass is 9.93. The van der Waals surface area contributed by atoms with Crippen LogP contribution in [0.5, 0.6) is 0 Å². The zero-order chi connectivity index (χ0) is 16.1. The maximum absolute atomic E-state index is 13.1. The molecule has 0 heterocycles. The molecule has 0 aliphatic carbocycles. The number of nitrogens with one attached hydrogen (secondary N) is 1. The van der Waals surface area contributed by atoms with Gasteiger partial charge in [0, 0.05) is 17.8 Å². The Morgan fingerprint density at radius 3 is 2.24 bits per heavy atom. The SMILES string of the molecule is CCCNc1ccc([C@](O)(C(=O)OCC)C(F)(F)F)cc1. The number of carbonyl (C=O) groups excluding carboxylic acids is 1. The van der Waals surface area contributed by atoms with Gasteiger partial charge in [-0.2, -0.15) is 13.2 Å². The first-order valence-electron chi connectivity index (χ1n) is 6.58. The molecule has 118 valence electrons. The highest BCUT2D eigenvalue weighted by atomic mass is 19.4. The Hall–Kier alpha value is -1.76. The Labute approximate surface area is 120 Å². The van der Waals surface area contributed by atoms with Crippen molar-refractivity contribution in [1.82, 2.24) is 0 Å². The normalized spacial score (nSPS) is 14.4. The first-order chi connectivity index (χ1) is 9.77. The first kappa shape index (κ1) is 17.3. The molecule has 2 N–H and O–H groups in total. The van der Waals surface area contributed by atoms with Crippen LogP contribution >= 0.6 is 0 Å². The van der Waals surface area contributed by atoms with Crippen LogP contribution in [0, 0.1) is 0 Å². The third-order valence-electron chi connectivity index (χ3n) is 2.86. The number of rotatable bonds is 6. The van der Waals surface area contributed by atoms with Gasteiger partial charge in [-0.3, -0.25) is 0 Å². The highest BCUT2D eigenvalue weighted by molar-refractivity contribution is 5.82. The van der Waals surface area contributed by atoms with Gasteiger partial charge in [0.2, 0.25) is 0 Å². The molecule has 1 aromatic carbocycles. The summed E-state index contributed by atoms with van der Waals surface area (Å²) in [6.45, 7) is 3.73. The summed E-state index contributed by atoms with van der Waals surface area (Å²) in [5.74, 6) is -1.73. The fourth-order valence-electron chi connectivity index (χ4n) is 1.73. The molecule has 0 saturated heterocycles. The smallest absolute Gasteiger partial charge is 0.432 e. The van der Waals surface area contributed by atoms with Crippen LogP contribution in [0.25, 0.3) is 0 Å². The molecule has 4 nitrogen and oxygen atoms in total. The topological polar surface area (TPSA) is 58.6 Å². The van der Waals surface area contributed by atoms with E-state index in [1.165, 1.54) is 19.1 Å². The average Bonchev–Trinajstić information content (AvgIpc) is 2.43. The summed E-state index contributed by atoms with van der Waals surface area (Å²) in [4.78, 5) is 11.6. The summed E-state index contributed by atoms with van der Waals surface area (Å²) in [6.07, 6.45) is -4.31. The van der Waals surface area contributed by atoms with Crippen LogP contribution in [-0.2, 0) is 15.1 Å². The fourth-order valence-corrected chi connectivity index (χ4v) is 1.73. The molecule has 0 saturated carbocycles. The minimum absolute atomic E-state index is 0.257. The fraction of sp³-hybridized carbons (Fsp3) is 0.500. The van der Waals surface area contributed by atoms with Crippen molar-refractivity contribution in [2.24, 2.45) is 0 Å². The van der Waals surface area contributed by atoms with Gasteiger partial charge >= 0.3 is 12.1 Å². The molecule has 7 heteroatoms. The number of benzene rings is 1. The molecular formula is C14H18F3NO3. The van der Waals surface area contributed by atoms with Crippen molar-refractivity contribution in [2.75, 3.05) is 18.5 Å². The number of esters is 1. The largest absolute Gasteiger partial charge is 0.463 e. The Bertz CT molecular complexity index is 473. The molecule has 21 heavy (non-hydrogen) atoms. The van der Waals surface area contributed by atoms with Gasteiger partial charge in [0.15, 0.2) is 0 Å². The van der Waals surface area contributed by atoms with Gasteiger partial charge in [-0.05, 0) is 25.5 Å². The number of hydrogen-bond donors (Lipinski definition) is 2. The number of anilines is 1. The van der Waals surface area contributed by atoms with Gasteiger partial charge in [0.25, 0.3) is 5.60 Å². The minimum atomic E-state index is -5.17. The maximum Gasteiger partial charge on any atom is 0.432 e. The lowest BCUT2D eigenvalue weighted by Crippen LogP contribution is -2.50. The lowest BCUT2D eigenvalue weighted by molar-refractivity contribution is -0.267. The van der Waals surface area contributed by atoms with E-state index in [1.807, 2.05) is 6.92 Å². The number of alkyl halides is 3. The molecule has 1 rings (SSSR count). The van der Waals surface area contributed by atoms with Crippen molar-refractivity contribution in [2.45, 2.75) is 32.0 Å². The minimum Gasteiger partial charge on any atom is -0.463 e. The predicted molar refractivity (Wildman–Crippen MR) is 71.8 cm³/mol. The number of carbonyl (C=O) groups is 1. The van der Waals surface area contributed by atoms with Crippen LogP contribution in [-0.4, -0.2) is 30.4 Å². The van der Waals surface area contributed by atoms with Crippen molar-refractivity contribution in [1.29, 1.82) is 0 Å². The van der Waals surface area contributed by atoms with Crippen molar-refractivity contribution < 1.29 is 27.8 Å². The molecule has 0 fully saturated rings. The van der Waals surface area contributed by atoms with Gasteiger partial charge in [-0.15, -0.1) is 0 Å². The van der Waals surface area contributed by atoms with Crippen LogP contribution in [0.15, 0.2) is 24.3 Å².